The minimum atomic E-state index is -0.247. The molecule has 3 heterocycles. The highest BCUT2D eigenvalue weighted by Crippen LogP contribution is 2.38. The van der Waals surface area contributed by atoms with Gasteiger partial charge < -0.3 is 19.1 Å². The average molecular weight is 421 g/mol. The Morgan fingerprint density at radius 1 is 1.10 bits per heavy atom. The van der Waals surface area contributed by atoms with Crippen molar-refractivity contribution in [1.29, 1.82) is 0 Å². The van der Waals surface area contributed by atoms with E-state index in [0.29, 0.717) is 24.8 Å². The molecule has 1 aromatic carbocycles. The summed E-state index contributed by atoms with van der Waals surface area (Å²) in [6, 6.07) is 6.19. The summed E-state index contributed by atoms with van der Waals surface area (Å²) in [7, 11) is 0. The zero-order valence-corrected chi connectivity index (χ0v) is 17.7. The molecule has 0 saturated carbocycles. The molecule has 4 rings (SSSR count). The molecule has 3 saturated heterocycles. The molecule has 3 aliphatic rings. The van der Waals surface area contributed by atoms with Gasteiger partial charge in [0.05, 0.1) is 32.0 Å². The standard InChI is InChI=1S/C23H33FN2O4/c24-20-1-3-21(4-2-20)29-13-5-19-6-14-30-23(17-19)7-9-26(10-8-23)22(27)18-25-11-15-28-16-12-25/h1-4,19H,5-18H2. The highest BCUT2D eigenvalue weighted by atomic mass is 19.1. The first-order valence-electron chi connectivity index (χ1n) is 11.2. The second-order valence-corrected chi connectivity index (χ2v) is 8.75. The predicted octanol–water partition coefficient (Wildman–Crippen LogP) is 2.71. The second kappa shape index (κ2) is 10.1. The molecule has 1 amide bonds. The van der Waals surface area contributed by atoms with Crippen molar-refractivity contribution < 1.29 is 23.4 Å². The molecule has 1 aromatic rings. The first kappa shape index (κ1) is 21.5. The van der Waals surface area contributed by atoms with E-state index in [1.807, 2.05) is 4.90 Å². The molecule has 0 bridgehead atoms. The predicted molar refractivity (Wildman–Crippen MR) is 111 cm³/mol. The van der Waals surface area contributed by atoms with Crippen LogP contribution in [0.15, 0.2) is 24.3 Å². The third kappa shape index (κ3) is 5.71. The van der Waals surface area contributed by atoms with Crippen molar-refractivity contribution in [2.24, 2.45) is 5.92 Å². The van der Waals surface area contributed by atoms with Crippen LogP contribution in [0.5, 0.6) is 5.75 Å². The molecule has 0 aromatic heterocycles. The van der Waals surface area contributed by atoms with Gasteiger partial charge in [-0.2, -0.15) is 0 Å². The van der Waals surface area contributed by atoms with Gasteiger partial charge in [0.2, 0.25) is 5.91 Å². The Balaban J connectivity index is 1.20. The number of hydrogen-bond acceptors (Lipinski definition) is 5. The number of ether oxygens (including phenoxy) is 3. The highest BCUT2D eigenvalue weighted by molar-refractivity contribution is 5.78. The lowest BCUT2D eigenvalue weighted by Crippen LogP contribution is -2.53. The summed E-state index contributed by atoms with van der Waals surface area (Å²) in [5.41, 5.74) is -0.0888. The van der Waals surface area contributed by atoms with Crippen LogP contribution in [0.25, 0.3) is 0 Å². The Kier molecular flexibility index (Phi) is 7.23. The smallest absolute Gasteiger partial charge is 0.236 e. The van der Waals surface area contributed by atoms with E-state index >= 15 is 0 Å². The van der Waals surface area contributed by atoms with Gasteiger partial charge >= 0.3 is 0 Å². The Morgan fingerprint density at radius 3 is 2.57 bits per heavy atom. The molecule has 3 aliphatic heterocycles. The fourth-order valence-corrected chi connectivity index (χ4v) is 4.81. The molecule has 0 N–H and O–H groups in total. The number of amides is 1. The summed E-state index contributed by atoms with van der Waals surface area (Å²) in [6.45, 7) is 6.60. The Hall–Kier alpha value is -1.70. The zero-order chi connectivity index (χ0) is 20.8. The van der Waals surface area contributed by atoms with Crippen molar-refractivity contribution in [2.45, 2.75) is 37.7 Å². The minimum Gasteiger partial charge on any atom is -0.494 e. The van der Waals surface area contributed by atoms with Crippen LogP contribution >= 0.6 is 0 Å². The van der Waals surface area contributed by atoms with Crippen LogP contribution in [0.2, 0.25) is 0 Å². The van der Waals surface area contributed by atoms with E-state index in [1.165, 1.54) is 12.1 Å². The van der Waals surface area contributed by atoms with Gasteiger partial charge in [-0.1, -0.05) is 0 Å². The summed E-state index contributed by atoms with van der Waals surface area (Å²) < 4.78 is 30.4. The zero-order valence-electron chi connectivity index (χ0n) is 17.7. The maximum atomic E-state index is 13.0. The van der Waals surface area contributed by atoms with Crippen LogP contribution in [0.3, 0.4) is 0 Å². The third-order valence-electron chi connectivity index (χ3n) is 6.69. The molecular weight excluding hydrogens is 387 g/mol. The normalized spacial score (nSPS) is 24.7. The van der Waals surface area contributed by atoms with Gasteiger partial charge in [0, 0.05) is 32.8 Å². The van der Waals surface area contributed by atoms with Gasteiger partial charge in [-0.05, 0) is 62.3 Å². The SMILES string of the molecule is O=C(CN1CCOCC1)N1CCC2(CC1)CC(CCOc1ccc(F)cc1)CCO2. The number of carbonyl (C=O) groups excluding carboxylic acids is 1. The van der Waals surface area contributed by atoms with Crippen LogP contribution in [-0.2, 0) is 14.3 Å². The minimum absolute atomic E-state index is 0.0888. The van der Waals surface area contributed by atoms with Crippen molar-refractivity contribution in [3.8, 4) is 5.75 Å². The van der Waals surface area contributed by atoms with Crippen molar-refractivity contribution in [3.05, 3.63) is 30.1 Å². The maximum absolute atomic E-state index is 13.0. The Labute approximate surface area is 178 Å². The van der Waals surface area contributed by atoms with Crippen molar-refractivity contribution in [2.75, 3.05) is 59.2 Å². The lowest BCUT2D eigenvalue weighted by Gasteiger charge is -2.46. The number of hydrogen-bond donors (Lipinski definition) is 0. The van der Waals surface area contributed by atoms with E-state index in [9.17, 15) is 9.18 Å². The van der Waals surface area contributed by atoms with Crippen LogP contribution < -0.4 is 4.74 Å². The lowest BCUT2D eigenvalue weighted by molar-refractivity contribution is -0.149. The first-order chi connectivity index (χ1) is 14.6. The molecule has 7 heteroatoms. The van der Waals surface area contributed by atoms with Crippen LogP contribution in [0, 0.1) is 11.7 Å². The molecule has 166 valence electrons. The van der Waals surface area contributed by atoms with Gasteiger partial charge in [0.25, 0.3) is 0 Å². The van der Waals surface area contributed by atoms with E-state index in [0.717, 1.165) is 78.1 Å². The van der Waals surface area contributed by atoms with Crippen molar-refractivity contribution >= 4 is 5.91 Å². The van der Waals surface area contributed by atoms with Gasteiger partial charge in [0.15, 0.2) is 0 Å². The maximum Gasteiger partial charge on any atom is 0.236 e. The molecule has 3 fully saturated rings. The molecule has 0 radical (unpaired) electrons. The number of rotatable bonds is 6. The number of likely N-dealkylation sites (tertiary alicyclic amines) is 1. The second-order valence-electron chi connectivity index (χ2n) is 8.75. The summed E-state index contributed by atoms with van der Waals surface area (Å²) in [6.07, 6.45) is 4.88. The van der Waals surface area contributed by atoms with Crippen LogP contribution in [-0.4, -0.2) is 80.5 Å². The summed E-state index contributed by atoms with van der Waals surface area (Å²) in [5.74, 6) is 1.26. The number of piperidine rings is 1. The molecule has 6 nitrogen and oxygen atoms in total. The van der Waals surface area contributed by atoms with Crippen LogP contribution in [0.4, 0.5) is 4.39 Å². The summed E-state index contributed by atoms with van der Waals surface area (Å²) in [4.78, 5) is 16.9. The molecular formula is C23H33FN2O4. The molecule has 30 heavy (non-hydrogen) atoms. The van der Waals surface area contributed by atoms with E-state index in [2.05, 4.69) is 4.90 Å². The molecule has 1 spiro atoms. The summed E-state index contributed by atoms with van der Waals surface area (Å²) in [5, 5.41) is 0. The fourth-order valence-electron chi connectivity index (χ4n) is 4.81. The van der Waals surface area contributed by atoms with E-state index < -0.39 is 0 Å². The van der Waals surface area contributed by atoms with Crippen molar-refractivity contribution in [3.63, 3.8) is 0 Å². The number of nitrogens with zero attached hydrogens (tertiary/aromatic N) is 2. The van der Waals surface area contributed by atoms with E-state index in [4.69, 9.17) is 14.2 Å². The molecule has 1 unspecified atom stereocenters. The number of halogens is 1. The molecule has 1 atom stereocenters. The summed E-state index contributed by atoms with van der Waals surface area (Å²) >= 11 is 0. The van der Waals surface area contributed by atoms with Gasteiger partial charge in [-0.3, -0.25) is 9.69 Å². The average Bonchev–Trinajstić information content (AvgIpc) is 2.76. The Bertz CT molecular complexity index is 685. The van der Waals surface area contributed by atoms with E-state index in [-0.39, 0.29) is 17.3 Å². The first-order valence-corrected chi connectivity index (χ1v) is 11.2. The number of benzene rings is 1. The molecule has 0 aliphatic carbocycles. The van der Waals surface area contributed by atoms with Gasteiger partial charge in [-0.15, -0.1) is 0 Å². The highest BCUT2D eigenvalue weighted by Gasteiger charge is 2.41. The quantitative estimate of drug-likeness (QED) is 0.708. The van der Waals surface area contributed by atoms with Crippen molar-refractivity contribution in [1.82, 2.24) is 9.80 Å². The monoisotopic (exact) mass is 420 g/mol. The van der Waals surface area contributed by atoms with E-state index in [1.54, 1.807) is 12.1 Å². The van der Waals surface area contributed by atoms with Crippen LogP contribution in [0.1, 0.15) is 32.1 Å². The topological polar surface area (TPSA) is 51.2 Å². The lowest BCUT2D eigenvalue weighted by atomic mass is 9.78. The largest absolute Gasteiger partial charge is 0.494 e. The Morgan fingerprint density at radius 2 is 1.83 bits per heavy atom. The number of carbonyl (C=O) groups is 1. The fraction of sp³-hybridized carbons (Fsp3) is 0.696. The third-order valence-corrected chi connectivity index (χ3v) is 6.69. The number of morpholine rings is 1. The van der Waals surface area contributed by atoms with Gasteiger partial charge in [-0.25, -0.2) is 4.39 Å². The van der Waals surface area contributed by atoms with Gasteiger partial charge in [0.1, 0.15) is 11.6 Å².